The number of aryl methyl sites for hydroxylation is 1. The molecule has 24 heavy (non-hydrogen) atoms. The Kier molecular flexibility index (Phi) is 5.05. The van der Waals surface area contributed by atoms with Gasteiger partial charge < -0.3 is 10.2 Å². The maximum atomic E-state index is 12.5. The molecule has 1 aromatic heterocycles. The lowest BCUT2D eigenvalue weighted by atomic mass is 9.99. The molecule has 126 valence electrons. The Morgan fingerprint density at radius 2 is 2.00 bits per heavy atom. The van der Waals surface area contributed by atoms with Crippen LogP contribution in [0.5, 0.6) is 0 Å². The molecule has 0 bridgehead atoms. The van der Waals surface area contributed by atoms with E-state index in [1.807, 2.05) is 36.1 Å². The highest BCUT2D eigenvalue weighted by atomic mass is 35.5. The van der Waals surface area contributed by atoms with Gasteiger partial charge in [-0.05, 0) is 61.6 Å². The molecular weight excluding hydrogens is 322 g/mol. The van der Waals surface area contributed by atoms with Crippen LogP contribution in [0.4, 0.5) is 11.4 Å². The smallest absolute Gasteiger partial charge is 0.272 e. The number of carbonyl (C=O) groups excluding carboxylic acids is 1. The van der Waals surface area contributed by atoms with Crippen molar-refractivity contribution < 1.29 is 4.79 Å². The van der Waals surface area contributed by atoms with Crippen LogP contribution in [0.3, 0.4) is 0 Å². The minimum atomic E-state index is 0.0242. The van der Waals surface area contributed by atoms with Crippen LogP contribution in [0, 0.1) is 12.8 Å². The molecule has 1 saturated heterocycles. The fourth-order valence-electron chi connectivity index (χ4n) is 2.89. The van der Waals surface area contributed by atoms with Crippen molar-refractivity contribution in [3.63, 3.8) is 0 Å². The summed E-state index contributed by atoms with van der Waals surface area (Å²) in [5.74, 6) is 0.729. The summed E-state index contributed by atoms with van der Waals surface area (Å²) in [6.07, 6.45) is 3.84. The molecule has 0 saturated carbocycles. The summed E-state index contributed by atoms with van der Waals surface area (Å²) in [6.45, 7) is 5.88. The second kappa shape index (κ2) is 7.22. The lowest BCUT2D eigenvalue weighted by molar-refractivity contribution is 0.0691. The second-order valence-electron chi connectivity index (χ2n) is 6.49. The van der Waals surface area contributed by atoms with Gasteiger partial charge in [-0.25, -0.2) is 4.98 Å². The van der Waals surface area contributed by atoms with Crippen molar-refractivity contribution in [3.8, 4) is 0 Å². The SMILES string of the molecule is Cc1cc(Cl)ccc1Nc1ccc(C(=O)N2CCC(C)CC2)nc1. The molecule has 0 radical (unpaired) electrons. The number of halogens is 1. The van der Waals surface area contributed by atoms with E-state index in [9.17, 15) is 4.79 Å². The monoisotopic (exact) mass is 343 g/mol. The van der Waals surface area contributed by atoms with E-state index in [0.29, 0.717) is 16.6 Å². The number of pyridine rings is 1. The van der Waals surface area contributed by atoms with Crippen LogP contribution in [-0.2, 0) is 0 Å². The minimum Gasteiger partial charge on any atom is -0.354 e. The minimum absolute atomic E-state index is 0.0242. The molecule has 0 aliphatic carbocycles. The van der Waals surface area contributed by atoms with Gasteiger partial charge in [0.15, 0.2) is 0 Å². The first-order chi connectivity index (χ1) is 11.5. The first-order valence-electron chi connectivity index (χ1n) is 8.31. The predicted molar refractivity (Wildman–Crippen MR) is 98.0 cm³/mol. The molecule has 0 unspecified atom stereocenters. The number of aromatic nitrogens is 1. The third-order valence-corrected chi connectivity index (χ3v) is 4.76. The van der Waals surface area contributed by atoms with E-state index < -0.39 is 0 Å². The van der Waals surface area contributed by atoms with Gasteiger partial charge in [0.2, 0.25) is 0 Å². The molecule has 1 aliphatic heterocycles. The van der Waals surface area contributed by atoms with Crippen molar-refractivity contribution in [1.82, 2.24) is 9.88 Å². The Morgan fingerprint density at radius 3 is 2.62 bits per heavy atom. The van der Waals surface area contributed by atoms with Crippen molar-refractivity contribution in [2.75, 3.05) is 18.4 Å². The Balaban J connectivity index is 1.68. The Bertz CT molecular complexity index is 722. The van der Waals surface area contributed by atoms with Crippen LogP contribution >= 0.6 is 11.6 Å². The van der Waals surface area contributed by atoms with E-state index in [4.69, 9.17) is 11.6 Å². The van der Waals surface area contributed by atoms with Crippen LogP contribution in [0.1, 0.15) is 35.8 Å². The number of anilines is 2. The highest BCUT2D eigenvalue weighted by Crippen LogP contribution is 2.23. The first-order valence-corrected chi connectivity index (χ1v) is 8.69. The topological polar surface area (TPSA) is 45.2 Å². The number of amides is 1. The summed E-state index contributed by atoms with van der Waals surface area (Å²) < 4.78 is 0. The summed E-state index contributed by atoms with van der Waals surface area (Å²) >= 11 is 5.98. The Hall–Kier alpha value is -2.07. The number of nitrogens with zero attached hydrogens (tertiary/aromatic N) is 2. The van der Waals surface area contributed by atoms with E-state index in [0.717, 1.165) is 42.9 Å². The van der Waals surface area contributed by atoms with Crippen molar-refractivity contribution in [3.05, 3.63) is 52.8 Å². The molecule has 0 atom stereocenters. The standard InChI is InChI=1S/C19H22ClN3O/c1-13-7-9-23(10-8-13)19(24)18-6-4-16(12-21-18)22-17-5-3-15(20)11-14(17)2/h3-6,11-13,22H,7-10H2,1-2H3. The summed E-state index contributed by atoms with van der Waals surface area (Å²) in [7, 11) is 0. The Labute approximate surface area is 147 Å². The van der Waals surface area contributed by atoms with Gasteiger partial charge in [-0.1, -0.05) is 18.5 Å². The number of nitrogens with one attached hydrogen (secondary N) is 1. The lowest BCUT2D eigenvalue weighted by Crippen LogP contribution is -2.38. The van der Waals surface area contributed by atoms with Gasteiger partial charge in [-0.15, -0.1) is 0 Å². The summed E-state index contributed by atoms with van der Waals surface area (Å²) in [5.41, 5.74) is 3.39. The van der Waals surface area contributed by atoms with Gasteiger partial charge in [-0.3, -0.25) is 4.79 Å². The molecule has 3 rings (SSSR count). The van der Waals surface area contributed by atoms with E-state index in [1.54, 1.807) is 12.3 Å². The van der Waals surface area contributed by atoms with E-state index >= 15 is 0 Å². The van der Waals surface area contributed by atoms with Gasteiger partial charge in [0.05, 0.1) is 11.9 Å². The van der Waals surface area contributed by atoms with E-state index in [-0.39, 0.29) is 5.91 Å². The number of carbonyl (C=O) groups is 1. The second-order valence-corrected chi connectivity index (χ2v) is 6.93. The fourth-order valence-corrected chi connectivity index (χ4v) is 3.12. The fraction of sp³-hybridized carbons (Fsp3) is 0.368. The van der Waals surface area contributed by atoms with Crippen LogP contribution < -0.4 is 5.32 Å². The summed E-state index contributed by atoms with van der Waals surface area (Å²) in [6, 6.07) is 9.37. The molecular formula is C19H22ClN3O. The highest BCUT2D eigenvalue weighted by Gasteiger charge is 2.22. The largest absolute Gasteiger partial charge is 0.354 e. The van der Waals surface area contributed by atoms with Crippen molar-refractivity contribution in [1.29, 1.82) is 0 Å². The molecule has 5 heteroatoms. The molecule has 1 aromatic carbocycles. The maximum absolute atomic E-state index is 12.5. The normalized spacial score (nSPS) is 15.4. The van der Waals surface area contributed by atoms with E-state index in [2.05, 4.69) is 17.2 Å². The zero-order valence-electron chi connectivity index (χ0n) is 14.1. The number of rotatable bonds is 3. The average Bonchev–Trinajstić information content (AvgIpc) is 2.58. The predicted octanol–water partition coefficient (Wildman–Crippen LogP) is 4.66. The number of benzene rings is 1. The third kappa shape index (κ3) is 3.88. The molecule has 2 heterocycles. The molecule has 1 amide bonds. The number of likely N-dealkylation sites (tertiary alicyclic amines) is 1. The van der Waals surface area contributed by atoms with Gasteiger partial charge in [0, 0.05) is 23.8 Å². The van der Waals surface area contributed by atoms with Crippen molar-refractivity contribution in [2.45, 2.75) is 26.7 Å². The number of piperidine rings is 1. The summed E-state index contributed by atoms with van der Waals surface area (Å²) in [4.78, 5) is 18.7. The first kappa shape index (κ1) is 16.8. The van der Waals surface area contributed by atoms with Gasteiger partial charge in [0.25, 0.3) is 5.91 Å². The molecule has 1 fully saturated rings. The third-order valence-electron chi connectivity index (χ3n) is 4.52. The van der Waals surface area contributed by atoms with Crippen molar-refractivity contribution >= 4 is 28.9 Å². The zero-order chi connectivity index (χ0) is 17.1. The molecule has 2 aromatic rings. The van der Waals surface area contributed by atoms with Gasteiger partial charge in [-0.2, -0.15) is 0 Å². The lowest BCUT2D eigenvalue weighted by Gasteiger charge is -2.30. The molecule has 0 spiro atoms. The average molecular weight is 344 g/mol. The number of hydrogen-bond acceptors (Lipinski definition) is 3. The van der Waals surface area contributed by atoms with Crippen molar-refractivity contribution in [2.24, 2.45) is 5.92 Å². The van der Waals surface area contributed by atoms with Gasteiger partial charge in [0.1, 0.15) is 5.69 Å². The molecule has 4 nitrogen and oxygen atoms in total. The summed E-state index contributed by atoms with van der Waals surface area (Å²) in [5, 5.41) is 4.02. The molecule has 1 aliphatic rings. The van der Waals surface area contributed by atoms with E-state index in [1.165, 1.54) is 0 Å². The van der Waals surface area contributed by atoms with Crippen LogP contribution in [0.15, 0.2) is 36.5 Å². The van der Waals surface area contributed by atoms with Crippen LogP contribution in [-0.4, -0.2) is 28.9 Å². The number of hydrogen-bond donors (Lipinski definition) is 1. The Morgan fingerprint density at radius 1 is 1.25 bits per heavy atom. The van der Waals surface area contributed by atoms with Crippen LogP contribution in [0.25, 0.3) is 0 Å². The molecule has 1 N–H and O–H groups in total. The zero-order valence-corrected chi connectivity index (χ0v) is 14.8. The van der Waals surface area contributed by atoms with Crippen LogP contribution in [0.2, 0.25) is 5.02 Å². The maximum Gasteiger partial charge on any atom is 0.272 e. The highest BCUT2D eigenvalue weighted by molar-refractivity contribution is 6.30. The quantitative estimate of drug-likeness (QED) is 0.881. The van der Waals surface area contributed by atoms with Gasteiger partial charge >= 0.3 is 0 Å².